The molecule has 2 saturated carbocycles. The predicted octanol–water partition coefficient (Wildman–Crippen LogP) is 2.98. The molecule has 6 nitrogen and oxygen atoms in total. The minimum Gasteiger partial charge on any atom is -0.477 e. The highest BCUT2D eigenvalue weighted by Crippen LogP contribution is 2.44. The van der Waals surface area contributed by atoms with Crippen molar-refractivity contribution < 1.29 is 14.3 Å². The van der Waals surface area contributed by atoms with E-state index in [1.54, 1.807) is 0 Å². The van der Waals surface area contributed by atoms with Crippen LogP contribution in [-0.4, -0.2) is 60.8 Å². The predicted molar refractivity (Wildman–Crippen MR) is 108 cm³/mol. The third-order valence-corrected chi connectivity index (χ3v) is 5.90. The lowest BCUT2D eigenvalue weighted by molar-refractivity contribution is 0.0341. The number of nitrogens with one attached hydrogen (secondary N) is 1. The first-order valence-electron chi connectivity index (χ1n) is 10.8. The molecule has 2 heterocycles. The van der Waals surface area contributed by atoms with Crippen molar-refractivity contribution in [2.75, 3.05) is 39.5 Å². The van der Waals surface area contributed by atoms with Crippen LogP contribution in [0, 0.1) is 5.92 Å². The number of ether oxygens (including phenoxy) is 2. The van der Waals surface area contributed by atoms with Crippen LogP contribution in [0.5, 0.6) is 5.88 Å². The summed E-state index contributed by atoms with van der Waals surface area (Å²) in [5.74, 6) is 1.79. The molecule has 1 aromatic heterocycles. The summed E-state index contributed by atoms with van der Waals surface area (Å²) in [6, 6.07) is 3.90. The number of nitrogens with zero attached hydrogens (tertiary/aromatic N) is 2. The van der Waals surface area contributed by atoms with Crippen LogP contribution in [-0.2, 0) is 4.74 Å². The quantitative estimate of drug-likeness (QED) is 0.706. The highest BCUT2D eigenvalue weighted by atomic mass is 16.5. The molecule has 3 fully saturated rings. The van der Waals surface area contributed by atoms with Gasteiger partial charge in [-0.1, -0.05) is 6.07 Å². The first-order valence-corrected chi connectivity index (χ1v) is 10.8. The molecule has 0 unspecified atom stereocenters. The molecule has 1 N–H and O–H groups in total. The lowest BCUT2D eigenvalue weighted by atomic mass is 9.99. The van der Waals surface area contributed by atoms with E-state index in [1.807, 2.05) is 12.1 Å². The number of hydrogen-bond donors (Lipinski definition) is 1. The number of carbonyl (C=O) groups excluding carboxylic acids is 1. The number of rotatable bonds is 9. The first-order chi connectivity index (χ1) is 13.5. The number of carbonyl (C=O) groups is 1. The Morgan fingerprint density at radius 3 is 2.68 bits per heavy atom. The minimum absolute atomic E-state index is 0.120. The smallest absolute Gasteiger partial charge is 0.270 e. The Kier molecular flexibility index (Phi) is 5.88. The molecule has 0 atom stereocenters. The summed E-state index contributed by atoms with van der Waals surface area (Å²) in [4.78, 5) is 19.8. The van der Waals surface area contributed by atoms with Crippen LogP contribution in [0.3, 0.4) is 0 Å². The molecule has 1 aliphatic heterocycles. The maximum atomic E-state index is 12.8. The Hall–Kier alpha value is -1.66. The van der Waals surface area contributed by atoms with Crippen LogP contribution in [0.2, 0.25) is 0 Å². The molecule has 154 valence electrons. The van der Waals surface area contributed by atoms with E-state index in [4.69, 9.17) is 9.47 Å². The van der Waals surface area contributed by atoms with Gasteiger partial charge in [-0.15, -0.1) is 0 Å². The zero-order valence-electron chi connectivity index (χ0n) is 17.2. The van der Waals surface area contributed by atoms with Crippen molar-refractivity contribution in [2.24, 2.45) is 5.92 Å². The van der Waals surface area contributed by atoms with Gasteiger partial charge in [0.05, 0.1) is 19.8 Å². The fraction of sp³-hybridized carbons (Fsp3) is 0.727. The summed E-state index contributed by atoms with van der Waals surface area (Å²) in [6.45, 7) is 9.37. The van der Waals surface area contributed by atoms with Crippen LogP contribution >= 0.6 is 0 Å². The molecular weight excluding hydrogens is 354 g/mol. The molecule has 2 aliphatic carbocycles. The van der Waals surface area contributed by atoms with Crippen molar-refractivity contribution in [3.63, 3.8) is 0 Å². The Bertz CT molecular complexity index is 692. The molecule has 6 heteroatoms. The highest BCUT2D eigenvalue weighted by molar-refractivity contribution is 5.93. The molecule has 0 spiro atoms. The normalized spacial score (nSPS) is 20.8. The highest BCUT2D eigenvalue weighted by Gasteiger charge is 2.30. The van der Waals surface area contributed by atoms with Crippen LogP contribution in [0.4, 0.5) is 0 Å². The van der Waals surface area contributed by atoms with Gasteiger partial charge in [0.2, 0.25) is 5.88 Å². The molecule has 0 bridgehead atoms. The fourth-order valence-electron chi connectivity index (χ4n) is 3.58. The van der Waals surface area contributed by atoms with E-state index in [0.29, 0.717) is 23.4 Å². The van der Waals surface area contributed by atoms with Crippen molar-refractivity contribution in [3.8, 4) is 5.88 Å². The summed E-state index contributed by atoms with van der Waals surface area (Å²) >= 11 is 0. The summed E-state index contributed by atoms with van der Waals surface area (Å²) < 4.78 is 11.4. The average Bonchev–Trinajstić information content (AvgIpc) is 3.59. The minimum atomic E-state index is -0.290. The molecule has 0 radical (unpaired) electrons. The van der Waals surface area contributed by atoms with Gasteiger partial charge in [0.15, 0.2) is 0 Å². The third-order valence-electron chi connectivity index (χ3n) is 5.90. The Morgan fingerprint density at radius 2 is 2.00 bits per heavy atom. The van der Waals surface area contributed by atoms with Gasteiger partial charge in [-0.2, -0.15) is 0 Å². The lowest BCUT2D eigenvalue weighted by Crippen LogP contribution is -2.47. The second kappa shape index (κ2) is 8.37. The topological polar surface area (TPSA) is 63.7 Å². The van der Waals surface area contributed by atoms with Crippen LogP contribution in [0.15, 0.2) is 12.1 Å². The number of morpholine rings is 1. The number of aromatic nitrogens is 1. The largest absolute Gasteiger partial charge is 0.477 e. The van der Waals surface area contributed by atoms with Crippen molar-refractivity contribution in [2.45, 2.75) is 57.4 Å². The van der Waals surface area contributed by atoms with Gasteiger partial charge in [0.25, 0.3) is 5.91 Å². The van der Waals surface area contributed by atoms with Gasteiger partial charge < -0.3 is 14.8 Å². The van der Waals surface area contributed by atoms with Gasteiger partial charge in [-0.25, -0.2) is 4.98 Å². The number of hydrogen-bond acceptors (Lipinski definition) is 5. The van der Waals surface area contributed by atoms with Crippen LogP contribution in [0.25, 0.3) is 0 Å². The van der Waals surface area contributed by atoms with E-state index < -0.39 is 0 Å². The van der Waals surface area contributed by atoms with E-state index in [-0.39, 0.29) is 11.4 Å². The lowest BCUT2D eigenvalue weighted by Gasteiger charge is -2.32. The first kappa shape index (κ1) is 19.6. The van der Waals surface area contributed by atoms with Gasteiger partial charge in [-0.3, -0.25) is 9.69 Å². The fourth-order valence-corrected chi connectivity index (χ4v) is 3.58. The molecule has 3 aliphatic rings. The van der Waals surface area contributed by atoms with E-state index >= 15 is 0 Å². The number of pyridine rings is 1. The molecular formula is C22H33N3O3. The van der Waals surface area contributed by atoms with Gasteiger partial charge in [0.1, 0.15) is 5.69 Å². The summed E-state index contributed by atoms with van der Waals surface area (Å²) in [6.07, 6.45) is 5.78. The van der Waals surface area contributed by atoms with Crippen LogP contribution in [0.1, 0.15) is 67.9 Å². The standard InChI is InChI=1S/C22H33N3O3/c1-22(2,9-10-25-11-13-27-14-12-25)24-20(26)19-8-7-18(17-5-6-17)21(23-19)28-15-16-3-4-16/h7-8,16-17H,3-6,9-15H2,1-2H3,(H,24,26). The third kappa shape index (κ3) is 5.45. The van der Waals surface area contributed by atoms with Crippen molar-refractivity contribution >= 4 is 5.91 Å². The van der Waals surface area contributed by atoms with Crippen molar-refractivity contribution in [3.05, 3.63) is 23.4 Å². The Morgan fingerprint density at radius 1 is 1.25 bits per heavy atom. The van der Waals surface area contributed by atoms with Gasteiger partial charge >= 0.3 is 0 Å². The molecule has 1 aromatic rings. The maximum absolute atomic E-state index is 12.8. The van der Waals surface area contributed by atoms with Crippen molar-refractivity contribution in [1.82, 2.24) is 15.2 Å². The van der Waals surface area contributed by atoms with Crippen LogP contribution < -0.4 is 10.1 Å². The monoisotopic (exact) mass is 387 g/mol. The number of amides is 1. The zero-order valence-corrected chi connectivity index (χ0v) is 17.2. The molecule has 4 rings (SSSR count). The summed E-state index contributed by atoms with van der Waals surface area (Å²) in [5.41, 5.74) is 1.33. The van der Waals surface area contributed by atoms with E-state index in [2.05, 4.69) is 29.0 Å². The van der Waals surface area contributed by atoms with E-state index in [0.717, 1.165) is 45.9 Å². The summed E-state index contributed by atoms with van der Waals surface area (Å²) in [7, 11) is 0. The Labute approximate surface area is 168 Å². The molecule has 1 amide bonds. The van der Waals surface area contributed by atoms with Gasteiger partial charge in [-0.05, 0) is 63.9 Å². The van der Waals surface area contributed by atoms with E-state index in [1.165, 1.54) is 31.2 Å². The van der Waals surface area contributed by atoms with E-state index in [9.17, 15) is 4.79 Å². The second-order valence-electron chi connectivity index (χ2n) is 9.16. The summed E-state index contributed by atoms with van der Waals surface area (Å²) in [5, 5.41) is 3.17. The molecule has 28 heavy (non-hydrogen) atoms. The molecule has 1 saturated heterocycles. The van der Waals surface area contributed by atoms with Crippen molar-refractivity contribution in [1.29, 1.82) is 0 Å². The SMILES string of the molecule is CC(C)(CCN1CCOCC1)NC(=O)c1ccc(C2CC2)c(OCC2CC2)n1. The maximum Gasteiger partial charge on any atom is 0.270 e. The van der Waals surface area contributed by atoms with Gasteiger partial charge in [0, 0.05) is 30.7 Å². The second-order valence-corrected chi connectivity index (χ2v) is 9.16. The molecule has 0 aromatic carbocycles. The average molecular weight is 388 g/mol. The Balaban J connectivity index is 1.36. The zero-order chi connectivity index (χ0) is 19.6.